The molecule has 0 saturated carbocycles. The van der Waals surface area contributed by atoms with E-state index in [1.54, 1.807) is 17.0 Å². The zero-order chi connectivity index (χ0) is 15.0. The Morgan fingerprint density at radius 3 is 2.62 bits per heavy atom. The standard InChI is InChI=1S/C13H13ClN4O3/c14-9-8(2-1-5-15-9)10(19)18-6-3-13(4-7-18)11(20)16-12(21)17-13/h1-2,5H,3-4,6-7H2,(H2,16,17,20,21). The third-order valence-electron chi connectivity index (χ3n) is 3.91. The summed E-state index contributed by atoms with van der Waals surface area (Å²) in [4.78, 5) is 41.0. The van der Waals surface area contributed by atoms with Crippen molar-refractivity contribution in [1.29, 1.82) is 0 Å². The van der Waals surface area contributed by atoms with E-state index in [1.807, 2.05) is 0 Å². The molecule has 0 bridgehead atoms. The lowest BCUT2D eigenvalue weighted by Gasteiger charge is -2.37. The maximum absolute atomic E-state index is 12.4. The second kappa shape index (κ2) is 5.00. The molecule has 21 heavy (non-hydrogen) atoms. The van der Waals surface area contributed by atoms with Crippen LogP contribution in [0, 0.1) is 0 Å². The average molecular weight is 309 g/mol. The normalized spacial score (nSPS) is 20.3. The van der Waals surface area contributed by atoms with Gasteiger partial charge in [-0.1, -0.05) is 11.6 Å². The fourth-order valence-corrected chi connectivity index (χ4v) is 2.89. The minimum Gasteiger partial charge on any atom is -0.338 e. The smallest absolute Gasteiger partial charge is 0.322 e. The number of likely N-dealkylation sites (tertiary alicyclic amines) is 1. The molecule has 2 aliphatic heterocycles. The molecule has 1 aromatic rings. The Morgan fingerprint density at radius 2 is 2.05 bits per heavy atom. The molecule has 8 heteroatoms. The molecule has 2 N–H and O–H groups in total. The fraction of sp³-hybridized carbons (Fsp3) is 0.385. The molecular weight excluding hydrogens is 296 g/mol. The molecule has 3 rings (SSSR count). The van der Waals surface area contributed by atoms with Gasteiger partial charge in [-0.25, -0.2) is 9.78 Å². The number of amides is 4. The molecule has 0 radical (unpaired) electrons. The van der Waals surface area contributed by atoms with Crippen LogP contribution in [0.1, 0.15) is 23.2 Å². The van der Waals surface area contributed by atoms with Crippen LogP contribution in [-0.4, -0.2) is 46.4 Å². The first-order valence-corrected chi connectivity index (χ1v) is 6.93. The van der Waals surface area contributed by atoms with Crippen molar-refractivity contribution < 1.29 is 14.4 Å². The Balaban J connectivity index is 1.72. The molecule has 0 aliphatic carbocycles. The number of hydrogen-bond acceptors (Lipinski definition) is 4. The number of carbonyl (C=O) groups is 3. The first-order chi connectivity index (χ1) is 10.0. The number of aromatic nitrogens is 1. The van der Waals surface area contributed by atoms with Gasteiger partial charge in [-0.2, -0.15) is 0 Å². The highest BCUT2D eigenvalue weighted by Crippen LogP contribution is 2.27. The molecule has 1 spiro atoms. The number of halogens is 1. The molecule has 0 unspecified atom stereocenters. The maximum Gasteiger partial charge on any atom is 0.322 e. The predicted molar refractivity (Wildman–Crippen MR) is 73.8 cm³/mol. The van der Waals surface area contributed by atoms with Crippen LogP contribution in [0.2, 0.25) is 5.15 Å². The van der Waals surface area contributed by atoms with E-state index in [0.29, 0.717) is 31.5 Å². The summed E-state index contributed by atoms with van der Waals surface area (Å²) >= 11 is 5.92. The second-order valence-electron chi connectivity index (χ2n) is 5.12. The molecule has 2 aliphatic rings. The minimum absolute atomic E-state index is 0.162. The van der Waals surface area contributed by atoms with Crippen LogP contribution in [0.3, 0.4) is 0 Å². The van der Waals surface area contributed by atoms with E-state index in [2.05, 4.69) is 15.6 Å². The highest BCUT2D eigenvalue weighted by molar-refractivity contribution is 6.32. The van der Waals surface area contributed by atoms with Crippen molar-refractivity contribution in [2.75, 3.05) is 13.1 Å². The highest BCUT2D eigenvalue weighted by atomic mass is 35.5. The monoisotopic (exact) mass is 308 g/mol. The van der Waals surface area contributed by atoms with Crippen molar-refractivity contribution in [3.63, 3.8) is 0 Å². The first kappa shape index (κ1) is 13.8. The Kier molecular flexibility index (Phi) is 3.29. The van der Waals surface area contributed by atoms with Gasteiger partial charge in [0.25, 0.3) is 11.8 Å². The second-order valence-corrected chi connectivity index (χ2v) is 5.48. The van der Waals surface area contributed by atoms with Gasteiger partial charge in [-0.15, -0.1) is 0 Å². The summed E-state index contributed by atoms with van der Waals surface area (Å²) in [6, 6.07) is 2.79. The number of nitrogens with one attached hydrogen (secondary N) is 2. The highest BCUT2D eigenvalue weighted by Gasteiger charge is 2.48. The van der Waals surface area contributed by atoms with Gasteiger partial charge in [0.1, 0.15) is 10.7 Å². The lowest BCUT2D eigenvalue weighted by atomic mass is 9.87. The quantitative estimate of drug-likeness (QED) is 0.585. The van der Waals surface area contributed by atoms with Crippen molar-refractivity contribution in [3.05, 3.63) is 29.0 Å². The van der Waals surface area contributed by atoms with Crippen LogP contribution < -0.4 is 10.6 Å². The molecule has 4 amide bonds. The fourth-order valence-electron chi connectivity index (χ4n) is 2.69. The van der Waals surface area contributed by atoms with Crippen LogP contribution in [-0.2, 0) is 4.79 Å². The summed E-state index contributed by atoms with van der Waals surface area (Å²) in [5, 5.41) is 5.05. The Bertz CT molecular complexity index is 626. The number of carbonyl (C=O) groups excluding carboxylic acids is 3. The molecule has 0 aromatic carbocycles. The van der Waals surface area contributed by atoms with Crippen LogP contribution in [0.5, 0.6) is 0 Å². The summed E-state index contributed by atoms with van der Waals surface area (Å²) in [5.74, 6) is -0.535. The van der Waals surface area contributed by atoms with E-state index in [-0.39, 0.29) is 17.0 Å². The van der Waals surface area contributed by atoms with Crippen molar-refractivity contribution in [1.82, 2.24) is 20.5 Å². The topological polar surface area (TPSA) is 91.4 Å². The Labute approximate surface area is 125 Å². The largest absolute Gasteiger partial charge is 0.338 e. The van der Waals surface area contributed by atoms with Gasteiger partial charge in [0.15, 0.2) is 0 Å². The maximum atomic E-state index is 12.4. The number of pyridine rings is 1. The number of nitrogens with zero attached hydrogens (tertiary/aromatic N) is 2. The van der Waals surface area contributed by atoms with Gasteiger partial charge in [-0.3, -0.25) is 14.9 Å². The third-order valence-corrected chi connectivity index (χ3v) is 4.21. The van der Waals surface area contributed by atoms with Gasteiger partial charge in [0.2, 0.25) is 0 Å². The van der Waals surface area contributed by atoms with Crippen molar-refractivity contribution in [2.45, 2.75) is 18.4 Å². The molecule has 2 saturated heterocycles. The summed E-state index contributed by atoms with van der Waals surface area (Å²) in [6.45, 7) is 0.746. The minimum atomic E-state index is -0.882. The summed E-state index contributed by atoms with van der Waals surface area (Å²) in [6.07, 6.45) is 2.28. The van der Waals surface area contributed by atoms with Gasteiger partial charge in [0.05, 0.1) is 5.56 Å². The Hall–Kier alpha value is -2.15. The number of imide groups is 1. The van der Waals surface area contributed by atoms with E-state index in [9.17, 15) is 14.4 Å². The van der Waals surface area contributed by atoms with Crippen LogP contribution in [0.4, 0.5) is 4.79 Å². The molecule has 0 atom stereocenters. The van der Waals surface area contributed by atoms with E-state index in [0.717, 1.165) is 0 Å². The lowest BCUT2D eigenvalue weighted by molar-refractivity contribution is -0.125. The van der Waals surface area contributed by atoms with Gasteiger partial charge < -0.3 is 10.2 Å². The van der Waals surface area contributed by atoms with Crippen molar-refractivity contribution in [3.8, 4) is 0 Å². The Morgan fingerprint density at radius 1 is 1.33 bits per heavy atom. The summed E-state index contributed by atoms with van der Waals surface area (Å²) in [5.41, 5.74) is -0.540. The number of piperidine rings is 1. The average Bonchev–Trinajstić information content (AvgIpc) is 2.74. The lowest BCUT2D eigenvalue weighted by Crippen LogP contribution is -2.55. The first-order valence-electron chi connectivity index (χ1n) is 6.55. The molecule has 3 heterocycles. The summed E-state index contributed by atoms with van der Waals surface area (Å²) in [7, 11) is 0. The number of rotatable bonds is 1. The molecular formula is C13H13ClN4O3. The number of urea groups is 1. The van der Waals surface area contributed by atoms with E-state index in [1.165, 1.54) is 6.20 Å². The van der Waals surface area contributed by atoms with E-state index in [4.69, 9.17) is 11.6 Å². The molecule has 1 aromatic heterocycles. The zero-order valence-electron chi connectivity index (χ0n) is 11.1. The molecule has 110 valence electrons. The van der Waals surface area contributed by atoms with Crippen molar-refractivity contribution in [2.24, 2.45) is 0 Å². The molecule has 2 fully saturated rings. The van der Waals surface area contributed by atoms with E-state index < -0.39 is 11.6 Å². The SMILES string of the molecule is O=C1NC(=O)C2(CCN(C(=O)c3cccnc3Cl)CC2)N1. The van der Waals surface area contributed by atoms with Crippen LogP contribution >= 0.6 is 11.6 Å². The van der Waals surface area contributed by atoms with Crippen LogP contribution in [0.15, 0.2) is 18.3 Å². The summed E-state index contributed by atoms with van der Waals surface area (Å²) < 4.78 is 0. The molecule has 7 nitrogen and oxygen atoms in total. The van der Waals surface area contributed by atoms with E-state index >= 15 is 0 Å². The third kappa shape index (κ3) is 2.33. The predicted octanol–water partition coefficient (Wildman–Crippen LogP) is 0.549. The van der Waals surface area contributed by atoms with Gasteiger partial charge in [0, 0.05) is 19.3 Å². The van der Waals surface area contributed by atoms with Crippen LogP contribution in [0.25, 0.3) is 0 Å². The van der Waals surface area contributed by atoms with Gasteiger partial charge in [-0.05, 0) is 25.0 Å². The van der Waals surface area contributed by atoms with Crippen molar-refractivity contribution >= 4 is 29.4 Å². The van der Waals surface area contributed by atoms with Gasteiger partial charge >= 0.3 is 6.03 Å². The zero-order valence-corrected chi connectivity index (χ0v) is 11.8. The number of hydrogen-bond donors (Lipinski definition) is 2.